The normalized spacial score (nSPS) is 21.5. The van der Waals surface area contributed by atoms with E-state index in [0.29, 0.717) is 5.56 Å². The van der Waals surface area contributed by atoms with Gasteiger partial charge in [0.05, 0.1) is 18.1 Å². The summed E-state index contributed by atoms with van der Waals surface area (Å²) in [7, 11) is 0. The molecule has 1 N–H and O–H groups in total. The van der Waals surface area contributed by atoms with Gasteiger partial charge in [-0.05, 0) is 23.3 Å². The van der Waals surface area contributed by atoms with Gasteiger partial charge in [0.1, 0.15) is 0 Å². The number of aromatic amines is 1. The molecule has 2 aliphatic rings. The van der Waals surface area contributed by atoms with E-state index in [0.717, 1.165) is 27.7 Å². The number of carbonyl (C=O) groups excluding carboxylic acids is 2. The molecule has 24 heavy (non-hydrogen) atoms. The number of H-pyrrole nitrogens is 1. The van der Waals surface area contributed by atoms with Crippen molar-refractivity contribution in [2.75, 3.05) is 0 Å². The predicted molar refractivity (Wildman–Crippen MR) is 85.3 cm³/mol. The lowest BCUT2D eigenvalue weighted by Gasteiger charge is -2.38. The summed E-state index contributed by atoms with van der Waals surface area (Å²) in [5, 5.41) is 12.8. The maximum atomic E-state index is 12.8. The van der Waals surface area contributed by atoms with Crippen LogP contribution in [-0.2, 0) is 11.2 Å². The number of rotatable bonds is 1. The molecule has 3 heterocycles. The van der Waals surface area contributed by atoms with E-state index < -0.39 is 18.1 Å². The van der Waals surface area contributed by atoms with E-state index in [1.165, 1.54) is 4.90 Å². The fourth-order valence-corrected chi connectivity index (χ4v) is 4.12. The van der Waals surface area contributed by atoms with Crippen molar-refractivity contribution in [1.82, 2.24) is 9.88 Å². The molecule has 5 nitrogen and oxygen atoms in total. The largest absolute Gasteiger partial charge is 0.548 e. The zero-order chi connectivity index (χ0) is 16.4. The second-order valence-corrected chi connectivity index (χ2v) is 6.30. The SMILES string of the molecule is O=C([O-])[C@@H]1Cc2c([nH]c3ccccc23)[C@@H]2c3ccccc3C(=O)N21. The zero-order valence-corrected chi connectivity index (χ0v) is 12.7. The molecule has 0 radical (unpaired) electrons. The van der Waals surface area contributed by atoms with Gasteiger partial charge in [-0.2, -0.15) is 0 Å². The highest BCUT2D eigenvalue weighted by Crippen LogP contribution is 2.46. The Balaban J connectivity index is 1.83. The van der Waals surface area contributed by atoms with Gasteiger partial charge in [-0.25, -0.2) is 0 Å². The molecular formula is C19H13N2O3-. The summed E-state index contributed by atoms with van der Waals surface area (Å²) in [5.74, 6) is -1.45. The Morgan fingerprint density at radius 3 is 2.71 bits per heavy atom. The third-order valence-electron chi connectivity index (χ3n) is 5.12. The van der Waals surface area contributed by atoms with E-state index in [2.05, 4.69) is 4.98 Å². The summed E-state index contributed by atoms with van der Waals surface area (Å²) in [4.78, 5) is 29.4. The van der Waals surface area contributed by atoms with Crippen LogP contribution in [0.25, 0.3) is 10.9 Å². The van der Waals surface area contributed by atoms with Crippen LogP contribution >= 0.6 is 0 Å². The lowest BCUT2D eigenvalue weighted by Crippen LogP contribution is -2.53. The monoisotopic (exact) mass is 317 g/mol. The molecule has 5 rings (SSSR count). The molecule has 118 valence electrons. The number of para-hydroxylation sites is 1. The first-order chi connectivity index (χ1) is 11.7. The number of nitrogens with zero attached hydrogens (tertiary/aromatic N) is 1. The van der Waals surface area contributed by atoms with Gasteiger partial charge in [-0.1, -0.05) is 36.4 Å². The molecule has 0 bridgehead atoms. The fraction of sp³-hybridized carbons (Fsp3) is 0.158. The number of carboxylic acid groups (broad SMARTS) is 1. The third-order valence-corrected chi connectivity index (χ3v) is 5.12. The van der Waals surface area contributed by atoms with E-state index in [4.69, 9.17) is 0 Å². The van der Waals surface area contributed by atoms with Gasteiger partial charge in [0.25, 0.3) is 5.91 Å². The minimum Gasteiger partial charge on any atom is -0.548 e. The summed E-state index contributed by atoms with van der Waals surface area (Å²) >= 11 is 0. The molecule has 0 aliphatic carbocycles. The highest BCUT2D eigenvalue weighted by Gasteiger charge is 2.46. The van der Waals surface area contributed by atoms with E-state index in [1.807, 2.05) is 36.4 Å². The molecule has 1 amide bonds. The molecule has 2 aliphatic heterocycles. The van der Waals surface area contributed by atoms with Gasteiger partial charge in [-0.3, -0.25) is 4.79 Å². The van der Waals surface area contributed by atoms with Crippen LogP contribution in [0.4, 0.5) is 0 Å². The maximum Gasteiger partial charge on any atom is 0.255 e. The first-order valence-corrected chi connectivity index (χ1v) is 7.88. The lowest BCUT2D eigenvalue weighted by molar-refractivity contribution is -0.311. The Labute approximate surface area is 137 Å². The number of benzene rings is 2. The van der Waals surface area contributed by atoms with Crippen LogP contribution in [0.2, 0.25) is 0 Å². The predicted octanol–water partition coefficient (Wildman–Crippen LogP) is 1.39. The number of amides is 1. The van der Waals surface area contributed by atoms with Crippen molar-refractivity contribution < 1.29 is 14.7 Å². The Bertz CT molecular complexity index is 1020. The van der Waals surface area contributed by atoms with Crippen molar-refractivity contribution in [1.29, 1.82) is 0 Å². The Morgan fingerprint density at radius 2 is 1.88 bits per heavy atom. The first-order valence-electron chi connectivity index (χ1n) is 7.88. The van der Waals surface area contributed by atoms with Crippen molar-refractivity contribution in [3.63, 3.8) is 0 Å². The number of hydrogen-bond donors (Lipinski definition) is 1. The molecular weight excluding hydrogens is 304 g/mol. The number of hydrogen-bond acceptors (Lipinski definition) is 3. The van der Waals surface area contributed by atoms with E-state index in [1.54, 1.807) is 12.1 Å². The van der Waals surface area contributed by atoms with Crippen LogP contribution in [0.15, 0.2) is 48.5 Å². The number of carbonyl (C=O) groups is 2. The van der Waals surface area contributed by atoms with Crippen molar-refractivity contribution in [2.24, 2.45) is 0 Å². The highest BCUT2D eigenvalue weighted by molar-refractivity contribution is 6.03. The zero-order valence-electron chi connectivity index (χ0n) is 12.7. The van der Waals surface area contributed by atoms with Crippen molar-refractivity contribution in [3.05, 3.63) is 70.9 Å². The maximum absolute atomic E-state index is 12.8. The first kappa shape index (κ1) is 13.4. The molecule has 3 aromatic rings. The Morgan fingerprint density at radius 1 is 1.12 bits per heavy atom. The number of aromatic nitrogens is 1. The molecule has 0 saturated heterocycles. The van der Waals surface area contributed by atoms with Crippen LogP contribution < -0.4 is 5.11 Å². The molecule has 1 aromatic heterocycles. The van der Waals surface area contributed by atoms with Crippen LogP contribution in [-0.4, -0.2) is 27.8 Å². The third kappa shape index (κ3) is 1.53. The van der Waals surface area contributed by atoms with Crippen LogP contribution in [0.1, 0.15) is 33.2 Å². The van der Waals surface area contributed by atoms with Crippen molar-refractivity contribution in [3.8, 4) is 0 Å². The van der Waals surface area contributed by atoms with Crippen LogP contribution in [0, 0.1) is 0 Å². The number of nitrogens with one attached hydrogen (secondary N) is 1. The van der Waals surface area contributed by atoms with Gasteiger partial charge < -0.3 is 19.8 Å². The number of carboxylic acids is 1. The summed E-state index contributed by atoms with van der Waals surface area (Å²) < 4.78 is 0. The Hall–Kier alpha value is -3.08. The van der Waals surface area contributed by atoms with Crippen LogP contribution in [0.5, 0.6) is 0 Å². The quantitative estimate of drug-likeness (QED) is 0.737. The lowest BCUT2D eigenvalue weighted by atomic mass is 9.90. The number of fused-ring (bicyclic) bond motifs is 7. The van der Waals surface area contributed by atoms with Crippen molar-refractivity contribution in [2.45, 2.75) is 18.5 Å². The summed E-state index contributed by atoms with van der Waals surface area (Å²) in [6, 6.07) is 13.8. The molecule has 2 atom stereocenters. The average molecular weight is 317 g/mol. The molecule has 0 fully saturated rings. The van der Waals surface area contributed by atoms with E-state index >= 15 is 0 Å². The average Bonchev–Trinajstić information content (AvgIpc) is 3.11. The summed E-state index contributed by atoms with van der Waals surface area (Å²) in [6.07, 6.45) is 0.262. The summed E-state index contributed by atoms with van der Waals surface area (Å²) in [6.45, 7) is 0. The second kappa shape index (κ2) is 4.47. The van der Waals surface area contributed by atoms with E-state index in [-0.39, 0.29) is 12.3 Å². The minimum absolute atomic E-state index is 0.242. The van der Waals surface area contributed by atoms with E-state index in [9.17, 15) is 14.7 Å². The fourth-order valence-electron chi connectivity index (χ4n) is 4.12. The van der Waals surface area contributed by atoms with Gasteiger partial charge >= 0.3 is 0 Å². The summed E-state index contributed by atoms with van der Waals surface area (Å²) in [5.41, 5.74) is 4.25. The topological polar surface area (TPSA) is 76.2 Å². The molecule has 0 spiro atoms. The number of aliphatic carboxylic acids is 1. The van der Waals surface area contributed by atoms with Crippen LogP contribution in [0.3, 0.4) is 0 Å². The van der Waals surface area contributed by atoms with Gasteiger partial charge in [0, 0.05) is 28.6 Å². The highest BCUT2D eigenvalue weighted by atomic mass is 16.4. The molecule has 2 aromatic carbocycles. The smallest absolute Gasteiger partial charge is 0.255 e. The minimum atomic E-state index is -1.21. The second-order valence-electron chi connectivity index (χ2n) is 6.30. The molecule has 5 heteroatoms. The standard InChI is InChI=1S/C19H14N2O3/c22-18-12-7-2-1-6-11(12)17-16-13(9-15(19(23)24)21(17)18)10-5-3-4-8-14(10)20-16/h1-8,15,17,20H,9H2,(H,23,24)/p-1/t15-,17-/m0/s1. The molecule has 0 unspecified atom stereocenters. The van der Waals surface area contributed by atoms with Gasteiger partial charge in [0.15, 0.2) is 0 Å². The van der Waals surface area contributed by atoms with Gasteiger partial charge in [0.2, 0.25) is 0 Å². The molecule has 0 saturated carbocycles. The Kier molecular flexibility index (Phi) is 2.49. The van der Waals surface area contributed by atoms with Gasteiger partial charge in [-0.15, -0.1) is 0 Å². The van der Waals surface area contributed by atoms with Crippen molar-refractivity contribution >= 4 is 22.8 Å².